The third kappa shape index (κ3) is 4.11. The fourth-order valence-electron chi connectivity index (χ4n) is 1.93. The van der Waals surface area contributed by atoms with E-state index in [1.54, 1.807) is 6.08 Å². The molecule has 1 N–H and O–H groups in total. The van der Waals surface area contributed by atoms with E-state index in [0.29, 0.717) is 0 Å². The van der Waals surface area contributed by atoms with Gasteiger partial charge in [0, 0.05) is 6.08 Å². The van der Waals surface area contributed by atoms with Crippen molar-refractivity contribution in [1.29, 1.82) is 0 Å². The number of allylic oxidation sites excluding steroid dienone is 1. The van der Waals surface area contributed by atoms with Crippen molar-refractivity contribution in [1.82, 2.24) is 0 Å². The maximum Gasteiger partial charge on any atom is 0.327 e. The van der Waals surface area contributed by atoms with Crippen molar-refractivity contribution in [2.24, 2.45) is 0 Å². The number of aliphatic carboxylic acids is 1. The Labute approximate surface area is 113 Å². The lowest BCUT2D eigenvalue weighted by Gasteiger charge is -2.03. The van der Waals surface area contributed by atoms with E-state index in [1.165, 1.54) is 22.8 Å². The van der Waals surface area contributed by atoms with Crippen molar-refractivity contribution in [2.45, 2.75) is 12.8 Å². The highest BCUT2D eigenvalue weighted by molar-refractivity contribution is 5.79. The van der Waals surface area contributed by atoms with E-state index in [-0.39, 0.29) is 0 Å². The molecule has 0 aliphatic heterocycles. The first-order chi connectivity index (χ1) is 9.25. The summed E-state index contributed by atoms with van der Waals surface area (Å²) in [6, 6.07) is 18.6. The third-order valence-electron chi connectivity index (χ3n) is 2.92. The second-order valence-electron chi connectivity index (χ2n) is 4.34. The molecule has 0 fully saturated rings. The van der Waals surface area contributed by atoms with Crippen molar-refractivity contribution in [2.75, 3.05) is 0 Å². The Balaban J connectivity index is 1.97. The average Bonchev–Trinajstić information content (AvgIpc) is 2.45. The summed E-state index contributed by atoms with van der Waals surface area (Å²) >= 11 is 0. The fraction of sp³-hybridized carbons (Fsp3) is 0.118. The van der Waals surface area contributed by atoms with Crippen molar-refractivity contribution < 1.29 is 9.90 Å². The van der Waals surface area contributed by atoms with Gasteiger partial charge >= 0.3 is 5.97 Å². The maximum absolute atomic E-state index is 10.3. The summed E-state index contributed by atoms with van der Waals surface area (Å²) in [4.78, 5) is 10.3. The van der Waals surface area contributed by atoms with Gasteiger partial charge in [-0.2, -0.15) is 0 Å². The first kappa shape index (κ1) is 13.1. The zero-order valence-electron chi connectivity index (χ0n) is 10.6. The highest BCUT2D eigenvalue weighted by atomic mass is 16.4. The molecular formula is C17H16O2. The number of hydrogen-bond acceptors (Lipinski definition) is 1. The van der Waals surface area contributed by atoms with Gasteiger partial charge in [0.2, 0.25) is 0 Å². The lowest BCUT2D eigenvalue weighted by atomic mass is 10.0. The van der Waals surface area contributed by atoms with Crippen molar-refractivity contribution >= 4 is 5.97 Å². The molecule has 0 unspecified atom stereocenters. The SMILES string of the molecule is O=C(O)/C=C/CCc1ccc(-c2ccccc2)cc1. The molecule has 0 saturated carbocycles. The van der Waals surface area contributed by atoms with Gasteiger partial charge < -0.3 is 5.11 Å². The number of aryl methyl sites for hydroxylation is 1. The summed E-state index contributed by atoms with van der Waals surface area (Å²) < 4.78 is 0. The topological polar surface area (TPSA) is 37.3 Å². The second-order valence-corrected chi connectivity index (χ2v) is 4.34. The highest BCUT2D eigenvalue weighted by Gasteiger charge is 1.97. The molecule has 0 heterocycles. The molecule has 0 amide bonds. The van der Waals surface area contributed by atoms with Gasteiger partial charge in [0.15, 0.2) is 0 Å². The van der Waals surface area contributed by atoms with Crippen LogP contribution >= 0.6 is 0 Å². The summed E-state index contributed by atoms with van der Waals surface area (Å²) in [5.41, 5.74) is 3.62. The van der Waals surface area contributed by atoms with E-state index in [1.807, 2.05) is 18.2 Å². The molecule has 2 aromatic rings. The van der Waals surface area contributed by atoms with Crippen LogP contribution in [0.15, 0.2) is 66.7 Å². The number of carbonyl (C=O) groups is 1. The van der Waals surface area contributed by atoms with Crippen LogP contribution in [0.4, 0.5) is 0 Å². The molecule has 0 radical (unpaired) electrons. The van der Waals surface area contributed by atoms with Crippen LogP contribution < -0.4 is 0 Å². The Kier molecular flexibility index (Phi) is 4.51. The monoisotopic (exact) mass is 252 g/mol. The Morgan fingerprint density at radius 2 is 1.58 bits per heavy atom. The number of rotatable bonds is 5. The van der Waals surface area contributed by atoms with Crippen molar-refractivity contribution in [3.63, 3.8) is 0 Å². The zero-order chi connectivity index (χ0) is 13.5. The van der Waals surface area contributed by atoms with E-state index >= 15 is 0 Å². The molecular weight excluding hydrogens is 236 g/mol. The second kappa shape index (κ2) is 6.55. The highest BCUT2D eigenvalue weighted by Crippen LogP contribution is 2.19. The van der Waals surface area contributed by atoms with Gasteiger partial charge in [-0.1, -0.05) is 60.7 Å². The lowest BCUT2D eigenvalue weighted by molar-refractivity contribution is -0.131. The van der Waals surface area contributed by atoms with Gasteiger partial charge in [0.1, 0.15) is 0 Å². The predicted molar refractivity (Wildman–Crippen MR) is 77.0 cm³/mol. The van der Waals surface area contributed by atoms with Gasteiger partial charge in [-0.05, 0) is 29.5 Å². The standard InChI is InChI=1S/C17H16O2/c18-17(19)9-5-4-6-14-10-12-16(13-11-14)15-7-2-1-3-8-15/h1-3,5,7-13H,4,6H2,(H,18,19)/b9-5+. The molecule has 0 atom stereocenters. The van der Waals surface area contributed by atoms with Crippen LogP contribution in [0.1, 0.15) is 12.0 Å². The maximum atomic E-state index is 10.3. The van der Waals surface area contributed by atoms with Crippen LogP contribution in [0.2, 0.25) is 0 Å². The molecule has 2 rings (SSSR count). The van der Waals surface area contributed by atoms with Crippen molar-refractivity contribution in [3.8, 4) is 11.1 Å². The Morgan fingerprint density at radius 1 is 0.947 bits per heavy atom. The molecule has 19 heavy (non-hydrogen) atoms. The smallest absolute Gasteiger partial charge is 0.327 e. The van der Waals surface area contributed by atoms with Crippen LogP contribution in [0.5, 0.6) is 0 Å². The van der Waals surface area contributed by atoms with Gasteiger partial charge in [0.25, 0.3) is 0 Å². The lowest BCUT2D eigenvalue weighted by Crippen LogP contribution is -1.87. The number of carboxylic acid groups (broad SMARTS) is 1. The minimum Gasteiger partial charge on any atom is -0.478 e. The Hall–Kier alpha value is -2.35. The Bertz CT molecular complexity index is 554. The van der Waals surface area contributed by atoms with E-state index in [2.05, 4.69) is 36.4 Å². The molecule has 96 valence electrons. The zero-order valence-corrected chi connectivity index (χ0v) is 10.6. The summed E-state index contributed by atoms with van der Waals surface area (Å²) in [5, 5.41) is 8.49. The number of carboxylic acids is 1. The van der Waals surface area contributed by atoms with Crippen LogP contribution in [-0.4, -0.2) is 11.1 Å². The first-order valence-corrected chi connectivity index (χ1v) is 6.29. The molecule has 2 heteroatoms. The van der Waals surface area contributed by atoms with Crippen molar-refractivity contribution in [3.05, 3.63) is 72.3 Å². The van der Waals surface area contributed by atoms with Gasteiger partial charge in [-0.15, -0.1) is 0 Å². The first-order valence-electron chi connectivity index (χ1n) is 6.29. The van der Waals surface area contributed by atoms with Gasteiger partial charge in [0.05, 0.1) is 0 Å². The van der Waals surface area contributed by atoms with Crippen LogP contribution in [0, 0.1) is 0 Å². The molecule has 0 spiro atoms. The number of hydrogen-bond donors (Lipinski definition) is 1. The Morgan fingerprint density at radius 3 is 2.21 bits per heavy atom. The predicted octanol–water partition coefficient (Wildman–Crippen LogP) is 3.93. The van der Waals surface area contributed by atoms with E-state index in [0.717, 1.165) is 12.8 Å². The van der Waals surface area contributed by atoms with Crippen LogP contribution in [-0.2, 0) is 11.2 Å². The average molecular weight is 252 g/mol. The molecule has 2 aromatic carbocycles. The van der Waals surface area contributed by atoms with Crippen LogP contribution in [0.3, 0.4) is 0 Å². The van der Waals surface area contributed by atoms with E-state index in [9.17, 15) is 4.79 Å². The summed E-state index contributed by atoms with van der Waals surface area (Å²) in [7, 11) is 0. The minimum absolute atomic E-state index is 0.747. The molecule has 0 bridgehead atoms. The van der Waals surface area contributed by atoms with Gasteiger partial charge in [-0.25, -0.2) is 4.79 Å². The fourth-order valence-corrected chi connectivity index (χ4v) is 1.93. The molecule has 0 aliphatic carbocycles. The van der Waals surface area contributed by atoms with E-state index in [4.69, 9.17) is 5.11 Å². The summed E-state index contributed by atoms with van der Waals surface area (Å²) in [6.45, 7) is 0. The quantitative estimate of drug-likeness (QED) is 0.819. The molecule has 0 saturated heterocycles. The van der Waals surface area contributed by atoms with E-state index < -0.39 is 5.97 Å². The van der Waals surface area contributed by atoms with Crippen LogP contribution in [0.25, 0.3) is 11.1 Å². The largest absolute Gasteiger partial charge is 0.478 e. The molecule has 2 nitrogen and oxygen atoms in total. The summed E-state index contributed by atoms with van der Waals surface area (Å²) in [5.74, 6) is -0.889. The summed E-state index contributed by atoms with van der Waals surface area (Å²) in [6.07, 6.45) is 4.49. The number of benzene rings is 2. The van der Waals surface area contributed by atoms with Gasteiger partial charge in [-0.3, -0.25) is 0 Å². The minimum atomic E-state index is -0.889. The normalized spacial score (nSPS) is 10.7. The third-order valence-corrected chi connectivity index (χ3v) is 2.92. The molecule has 0 aliphatic rings. The molecule has 0 aromatic heterocycles.